The topological polar surface area (TPSA) is 122 Å². The SMILES string of the molecule is [Cd].[N].[N].[N].[N]. The number of hydrogen-bond donors (Lipinski definition) is 0. The Hall–Kier alpha value is 0.762. The monoisotopic (exact) mass is 170 g/mol. The molecule has 0 aliphatic rings. The fourth-order valence-corrected chi connectivity index (χ4v) is 0. The number of rotatable bonds is 0. The molecule has 0 rings (SSSR count). The van der Waals surface area contributed by atoms with Gasteiger partial charge in [-0.3, -0.25) is 0 Å². The molecule has 0 aliphatic heterocycles. The van der Waals surface area contributed by atoms with Crippen molar-refractivity contribution in [2.75, 3.05) is 0 Å². The van der Waals surface area contributed by atoms with E-state index in [9.17, 15) is 0 Å². The van der Waals surface area contributed by atoms with Crippen LogP contribution >= 0.6 is 0 Å². The predicted octanol–water partition coefficient (Wildman–Crippen LogP) is -1.92. The van der Waals surface area contributed by atoms with Crippen molar-refractivity contribution in [1.82, 2.24) is 24.6 Å². The summed E-state index contributed by atoms with van der Waals surface area (Å²) in [4.78, 5) is 0. The number of nitrogens with zero attached hydrogens (tertiary/aromatic N) is 4. The van der Waals surface area contributed by atoms with E-state index < -0.39 is 0 Å². The molecule has 5 heteroatoms. The molecule has 0 spiro atoms. The Morgan fingerprint density at radius 2 is 0.400 bits per heavy atom. The van der Waals surface area contributed by atoms with Gasteiger partial charge in [-0.25, -0.2) is 0 Å². The molecule has 0 fully saturated rings. The Bertz CT molecular complexity index is 3.61. The van der Waals surface area contributed by atoms with Gasteiger partial charge >= 0.3 is 0 Å². The Kier molecular flexibility index (Phi) is 5220. The quantitative estimate of drug-likeness (QED) is 0.374. The molecule has 0 aromatic carbocycles. The van der Waals surface area contributed by atoms with Gasteiger partial charge in [-0.15, -0.1) is 0 Å². The molecule has 5 heavy (non-hydrogen) atoms. The molecule has 0 heterocycles. The van der Waals surface area contributed by atoms with Crippen LogP contribution in [0.4, 0.5) is 0 Å². The van der Waals surface area contributed by atoms with E-state index in [-0.39, 0.29) is 51.9 Å². The van der Waals surface area contributed by atoms with Crippen LogP contribution in [0, 0.1) is 0 Å². The summed E-state index contributed by atoms with van der Waals surface area (Å²) in [6.07, 6.45) is 0. The van der Waals surface area contributed by atoms with Crippen molar-refractivity contribution in [1.29, 1.82) is 0 Å². The first-order valence-electron chi connectivity index (χ1n) is 0. The minimum absolute atomic E-state index is 0. The average molecular weight is 168 g/mol. The third-order valence-electron chi connectivity index (χ3n) is 0. The van der Waals surface area contributed by atoms with Crippen LogP contribution in [0.15, 0.2) is 0 Å². The van der Waals surface area contributed by atoms with Gasteiger partial charge in [0.25, 0.3) is 0 Å². The summed E-state index contributed by atoms with van der Waals surface area (Å²) in [6, 6.07) is 0. The maximum Gasteiger partial charge on any atom is 0 e. The molecule has 0 atom stereocenters. The van der Waals surface area contributed by atoms with Crippen LogP contribution in [0.1, 0.15) is 0 Å². The molecular formula is CdN4. The third kappa shape index (κ3) is 62.6. The van der Waals surface area contributed by atoms with Gasteiger partial charge in [0.1, 0.15) is 0 Å². The molecule has 4 nitrogen and oxygen atoms in total. The van der Waals surface area contributed by atoms with E-state index >= 15 is 0 Å². The van der Waals surface area contributed by atoms with Gasteiger partial charge in [0.15, 0.2) is 0 Å². The van der Waals surface area contributed by atoms with Crippen LogP contribution in [-0.4, -0.2) is 0 Å². The van der Waals surface area contributed by atoms with Crippen LogP contribution in [0.3, 0.4) is 0 Å². The molecule has 0 N–H and O–H groups in total. The zero-order chi connectivity index (χ0) is 0. The Morgan fingerprint density at radius 3 is 0.400 bits per heavy atom. The van der Waals surface area contributed by atoms with Crippen LogP contribution < -0.4 is 24.6 Å². The Labute approximate surface area is 52.2 Å². The molecule has 0 aliphatic carbocycles. The van der Waals surface area contributed by atoms with Crippen molar-refractivity contribution < 1.29 is 27.3 Å². The zero-order valence-electron chi connectivity index (χ0n) is 2.50. The Balaban J connectivity index is 0. The molecule has 0 unspecified atom stereocenters. The van der Waals surface area contributed by atoms with Gasteiger partial charge in [-0.05, 0) is 0 Å². The van der Waals surface area contributed by atoms with Gasteiger partial charge in [-0.1, -0.05) is 0 Å². The molecule has 0 amide bonds. The fourth-order valence-electron chi connectivity index (χ4n) is 0. The normalized spacial score (nSPS) is 0. The second-order valence-corrected chi connectivity index (χ2v) is 0. The molecule has 12 radical (unpaired) electrons. The summed E-state index contributed by atoms with van der Waals surface area (Å²) in [7, 11) is 0. The van der Waals surface area contributed by atoms with Crippen molar-refractivity contribution in [3.8, 4) is 0 Å². The van der Waals surface area contributed by atoms with Crippen LogP contribution in [-0.2, 0) is 27.3 Å². The van der Waals surface area contributed by atoms with Crippen molar-refractivity contribution in [3.63, 3.8) is 0 Å². The molecule has 0 aromatic rings. The summed E-state index contributed by atoms with van der Waals surface area (Å²) in [5.41, 5.74) is 0. The Morgan fingerprint density at radius 1 is 0.400 bits per heavy atom. The summed E-state index contributed by atoms with van der Waals surface area (Å²) >= 11 is 0. The summed E-state index contributed by atoms with van der Waals surface area (Å²) < 4.78 is 0. The van der Waals surface area contributed by atoms with E-state index in [0.717, 1.165) is 0 Å². The maximum absolute atomic E-state index is 0. The van der Waals surface area contributed by atoms with E-state index in [4.69, 9.17) is 0 Å². The minimum Gasteiger partial charge on any atom is 0 e. The fraction of sp³-hybridized carbons (Fsp3) is 0. The van der Waals surface area contributed by atoms with Gasteiger partial charge < -0.3 is 0 Å². The van der Waals surface area contributed by atoms with E-state index in [1.165, 1.54) is 0 Å². The van der Waals surface area contributed by atoms with Gasteiger partial charge in [-0.2, -0.15) is 0 Å². The molecule has 22 valence electrons. The standard InChI is InChI=1S/Cd.4N. The molecular weight excluding hydrogens is 168 g/mol. The maximum atomic E-state index is 0. The van der Waals surface area contributed by atoms with Crippen molar-refractivity contribution in [3.05, 3.63) is 0 Å². The van der Waals surface area contributed by atoms with Crippen molar-refractivity contribution in [2.45, 2.75) is 0 Å². The average Bonchev–Trinajstić information content (AvgIpc) is 0. The van der Waals surface area contributed by atoms with Crippen molar-refractivity contribution in [2.24, 2.45) is 0 Å². The predicted molar refractivity (Wildman–Crippen MR) is 8.54 cm³/mol. The molecule has 0 bridgehead atoms. The second kappa shape index (κ2) is 116. The number of hydrogen-bond acceptors (Lipinski definition) is 0. The smallest absolute Gasteiger partial charge is 0 e. The van der Waals surface area contributed by atoms with Gasteiger partial charge in [0, 0.05) is 51.9 Å². The summed E-state index contributed by atoms with van der Waals surface area (Å²) in [5.74, 6) is 0. The largest absolute Gasteiger partial charge is 0 e. The first kappa shape index (κ1) is 225. The summed E-state index contributed by atoms with van der Waals surface area (Å²) in [5, 5.41) is 0. The van der Waals surface area contributed by atoms with E-state index in [1.54, 1.807) is 0 Å². The molecule has 0 saturated carbocycles. The minimum atomic E-state index is 0. The van der Waals surface area contributed by atoms with Crippen LogP contribution in [0.25, 0.3) is 0 Å². The van der Waals surface area contributed by atoms with E-state index in [0.29, 0.717) is 0 Å². The zero-order valence-corrected chi connectivity index (χ0v) is 6.53. The second-order valence-electron chi connectivity index (χ2n) is 0. The van der Waals surface area contributed by atoms with Crippen LogP contribution in [0.2, 0.25) is 0 Å². The van der Waals surface area contributed by atoms with Gasteiger partial charge in [0.05, 0.1) is 0 Å². The third-order valence-corrected chi connectivity index (χ3v) is 0. The van der Waals surface area contributed by atoms with Gasteiger partial charge in [0.2, 0.25) is 0 Å². The molecule has 0 aromatic heterocycles. The first-order valence-corrected chi connectivity index (χ1v) is 0. The first-order chi connectivity index (χ1) is 0. The van der Waals surface area contributed by atoms with E-state index in [1.807, 2.05) is 0 Å². The van der Waals surface area contributed by atoms with Crippen molar-refractivity contribution >= 4 is 0 Å². The van der Waals surface area contributed by atoms with Crippen LogP contribution in [0.5, 0.6) is 0 Å². The summed E-state index contributed by atoms with van der Waals surface area (Å²) in [6.45, 7) is 0. The molecule has 0 saturated heterocycles. The van der Waals surface area contributed by atoms with E-state index in [2.05, 4.69) is 0 Å².